The summed E-state index contributed by atoms with van der Waals surface area (Å²) in [6, 6.07) is 18.9. The predicted octanol–water partition coefficient (Wildman–Crippen LogP) is 6.92. The lowest BCUT2D eigenvalue weighted by Gasteiger charge is -2.34. The zero-order valence-corrected chi connectivity index (χ0v) is 25.5. The van der Waals surface area contributed by atoms with Gasteiger partial charge >= 0.3 is 0 Å². The molecule has 0 unspecified atom stereocenters. The maximum absolute atomic E-state index is 13.9. The van der Waals surface area contributed by atoms with Gasteiger partial charge < -0.3 is 14.4 Å². The number of nitrogens with zero attached hydrogens (tertiary/aromatic N) is 3. The Morgan fingerprint density at radius 2 is 1.63 bits per heavy atom. The third kappa shape index (κ3) is 7.30. The summed E-state index contributed by atoms with van der Waals surface area (Å²) in [5, 5.41) is 1.04. The summed E-state index contributed by atoms with van der Waals surface area (Å²) in [6.07, 6.45) is 9.91. The first kappa shape index (κ1) is 29.6. The van der Waals surface area contributed by atoms with E-state index < -0.39 is 0 Å². The van der Waals surface area contributed by atoms with E-state index in [-0.39, 0.29) is 17.4 Å². The Kier molecular flexibility index (Phi) is 9.97. The second kappa shape index (κ2) is 13.8. The number of carbonyl (C=O) groups is 1. The fraction of sp³-hybridized carbons (Fsp3) is 0.556. The van der Waals surface area contributed by atoms with Crippen LogP contribution in [0.25, 0.3) is 10.9 Å². The summed E-state index contributed by atoms with van der Waals surface area (Å²) >= 11 is 0. The lowest BCUT2D eigenvalue weighted by atomic mass is 9.85. The van der Waals surface area contributed by atoms with E-state index in [1.165, 1.54) is 56.4 Å². The van der Waals surface area contributed by atoms with E-state index in [1.54, 1.807) is 4.57 Å². The molecular formula is C36H49N3O2. The number of aryl methyl sites for hydroxylation is 1. The number of benzene rings is 2. The third-order valence-corrected chi connectivity index (χ3v) is 9.59. The lowest BCUT2D eigenvalue weighted by molar-refractivity contribution is -0.137. The molecule has 1 aromatic heterocycles. The van der Waals surface area contributed by atoms with E-state index in [9.17, 15) is 9.59 Å². The Morgan fingerprint density at radius 1 is 0.927 bits per heavy atom. The van der Waals surface area contributed by atoms with Crippen molar-refractivity contribution in [1.82, 2.24) is 14.4 Å². The van der Waals surface area contributed by atoms with Gasteiger partial charge in [0.15, 0.2) is 0 Å². The smallest absolute Gasteiger partial charge is 0.255 e. The topological polar surface area (TPSA) is 45.5 Å². The van der Waals surface area contributed by atoms with Crippen LogP contribution in [0.4, 0.5) is 0 Å². The molecule has 1 aliphatic carbocycles. The molecule has 0 spiro atoms. The predicted molar refractivity (Wildman–Crippen MR) is 169 cm³/mol. The van der Waals surface area contributed by atoms with Gasteiger partial charge in [-0.2, -0.15) is 0 Å². The van der Waals surface area contributed by atoms with Crippen molar-refractivity contribution in [2.75, 3.05) is 26.2 Å². The number of rotatable bonds is 10. The highest BCUT2D eigenvalue weighted by atomic mass is 16.2. The maximum Gasteiger partial charge on any atom is 0.255 e. The van der Waals surface area contributed by atoms with Crippen LogP contribution in [-0.2, 0) is 24.8 Å². The van der Waals surface area contributed by atoms with Gasteiger partial charge in [-0.1, -0.05) is 75.6 Å². The summed E-state index contributed by atoms with van der Waals surface area (Å²) in [7, 11) is 1.84. The number of pyridine rings is 1. The fourth-order valence-corrected chi connectivity index (χ4v) is 7.01. The van der Waals surface area contributed by atoms with Crippen LogP contribution in [0.15, 0.2) is 59.4 Å². The zero-order chi connectivity index (χ0) is 28.8. The summed E-state index contributed by atoms with van der Waals surface area (Å²) in [5.41, 5.74) is 4.45. The second-order valence-corrected chi connectivity index (χ2v) is 12.9. The monoisotopic (exact) mass is 555 g/mol. The second-order valence-electron chi connectivity index (χ2n) is 12.9. The molecule has 2 aromatic carbocycles. The number of hydrogen-bond donors (Lipinski definition) is 0. The molecule has 0 radical (unpaired) electrons. The normalized spacial score (nSPS) is 17.4. The van der Waals surface area contributed by atoms with Crippen molar-refractivity contribution in [2.24, 2.45) is 18.9 Å². The lowest BCUT2D eigenvalue weighted by Crippen LogP contribution is -2.40. The molecule has 5 rings (SSSR count). The highest BCUT2D eigenvalue weighted by Gasteiger charge is 2.28. The minimum absolute atomic E-state index is 0.00484. The van der Waals surface area contributed by atoms with Crippen LogP contribution in [-0.4, -0.2) is 46.5 Å². The molecule has 0 bridgehead atoms. The van der Waals surface area contributed by atoms with Crippen LogP contribution >= 0.6 is 0 Å². The fourth-order valence-electron chi connectivity index (χ4n) is 7.01. The van der Waals surface area contributed by atoms with Crippen LogP contribution < -0.4 is 5.56 Å². The van der Waals surface area contributed by atoms with Gasteiger partial charge in [-0.25, -0.2) is 0 Å². The number of aromatic nitrogens is 1. The molecule has 0 atom stereocenters. The van der Waals surface area contributed by atoms with Crippen molar-refractivity contribution < 1.29 is 4.79 Å². The Bertz CT molecular complexity index is 1360. The molecule has 1 saturated carbocycles. The van der Waals surface area contributed by atoms with Crippen LogP contribution in [0.2, 0.25) is 0 Å². The summed E-state index contributed by atoms with van der Waals surface area (Å²) in [5.74, 6) is 1.65. The van der Waals surface area contributed by atoms with Gasteiger partial charge in [0.2, 0.25) is 5.91 Å². The van der Waals surface area contributed by atoms with Crippen LogP contribution in [0, 0.1) is 11.8 Å². The van der Waals surface area contributed by atoms with Gasteiger partial charge in [0.1, 0.15) is 0 Å². The minimum atomic E-state index is -0.00484. The van der Waals surface area contributed by atoms with E-state index in [1.807, 2.05) is 36.2 Å². The molecule has 2 heterocycles. The molecule has 3 aromatic rings. The Morgan fingerprint density at radius 3 is 2.39 bits per heavy atom. The first-order valence-electron chi connectivity index (χ1n) is 16.1. The van der Waals surface area contributed by atoms with Crippen molar-refractivity contribution >= 4 is 16.8 Å². The van der Waals surface area contributed by atoms with Gasteiger partial charge in [0.05, 0.1) is 12.1 Å². The van der Waals surface area contributed by atoms with Crippen LogP contribution in [0.5, 0.6) is 0 Å². The molecule has 1 saturated heterocycles. The van der Waals surface area contributed by atoms with Gasteiger partial charge in [-0.15, -0.1) is 0 Å². The van der Waals surface area contributed by atoms with E-state index >= 15 is 0 Å². The van der Waals surface area contributed by atoms with Gasteiger partial charge in [-0.05, 0) is 98.6 Å². The minimum Gasteiger partial charge on any atom is -0.338 e. The number of piperidine rings is 1. The van der Waals surface area contributed by atoms with Gasteiger partial charge in [0, 0.05) is 25.1 Å². The molecule has 5 heteroatoms. The molecule has 5 nitrogen and oxygen atoms in total. The molecule has 2 fully saturated rings. The molecule has 220 valence electrons. The number of carbonyl (C=O) groups excluding carboxylic acids is 1. The first-order chi connectivity index (χ1) is 19.9. The van der Waals surface area contributed by atoms with Crippen molar-refractivity contribution in [3.05, 3.63) is 81.6 Å². The van der Waals surface area contributed by atoms with Crippen molar-refractivity contribution in [3.8, 4) is 0 Å². The highest BCUT2D eigenvalue weighted by Crippen LogP contribution is 2.32. The Labute approximate surface area is 246 Å². The third-order valence-electron chi connectivity index (χ3n) is 9.59. The van der Waals surface area contributed by atoms with Crippen molar-refractivity contribution in [2.45, 2.75) is 84.1 Å². The average Bonchev–Trinajstić information content (AvgIpc) is 3.01. The molecular weight excluding hydrogens is 506 g/mol. The molecule has 1 amide bonds. The van der Waals surface area contributed by atoms with Gasteiger partial charge in [-0.3, -0.25) is 9.59 Å². The van der Waals surface area contributed by atoms with E-state index in [0.717, 1.165) is 48.9 Å². The maximum atomic E-state index is 13.9. The van der Waals surface area contributed by atoms with Crippen LogP contribution in [0.3, 0.4) is 0 Å². The Hall–Kier alpha value is -2.92. The zero-order valence-electron chi connectivity index (χ0n) is 25.5. The molecule has 1 aliphatic heterocycles. The SMILES string of the molecule is CC(C)CCN1CCC(c2ccccc2CCN(Cc2cc3ccccc3n(C)c2=O)C(=O)C2CCCCC2)CC1. The average molecular weight is 556 g/mol. The number of hydrogen-bond acceptors (Lipinski definition) is 3. The molecule has 41 heavy (non-hydrogen) atoms. The van der Waals surface area contributed by atoms with E-state index in [2.05, 4.69) is 49.1 Å². The largest absolute Gasteiger partial charge is 0.338 e. The van der Waals surface area contributed by atoms with Crippen LogP contribution in [0.1, 0.15) is 87.8 Å². The van der Waals surface area contributed by atoms with E-state index in [4.69, 9.17) is 0 Å². The standard InChI is InChI=1S/C36H49N3O2/c1-27(2)17-21-38-22-18-29(19-23-38)33-15-9-7-11-28(33)20-24-39(36(41)30-12-5-4-6-13-30)26-32-25-31-14-8-10-16-34(31)37(3)35(32)40/h7-11,14-16,25,27,29-30H,4-6,12-13,17-24,26H2,1-3H3. The first-order valence-corrected chi connectivity index (χ1v) is 16.1. The van der Waals surface area contributed by atoms with Crippen molar-refractivity contribution in [3.63, 3.8) is 0 Å². The number of likely N-dealkylation sites (tertiary alicyclic amines) is 1. The highest BCUT2D eigenvalue weighted by molar-refractivity contribution is 5.81. The summed E-state index contributed by atoms with van der Waals surface area (Å²) in [4.78, 5) is 32.0. The van der Waals surface area contributed by atoms with Gasteiger partial charge in [0.25, 0.3) is 5.56 Å². The number of para-hydroxylation sites is 1. The number of amides is 1. The summed E-state index contributed by atoms with van der Waals surface area (Å²) < 4.78 is 1.73. The summed E-state index contributed by atoms with van der Waals surface area (Å²) in [6.45, 7) is 9.19. The number of fused-ring (bicyclic) bond motifs is 1. The molecule has 2 aliphatic rings. The van der Waals surface area contributed by atoms with E-state index in [0.29, 0.717) is 24.6 Å². The Balaban J connectivity index is 1.33. The molecule has 0 N–H and O–H groups in total. The van der Waals surface area contributed by atoms with Crippen molar-refractivity contribution in [1.29, 1.82) is 0 Å². The quantitative estimate of drug-likeness (QED) is 0.273.